The van der Waals surface area contributed by atoms with Crippen LogP contribution in [0.5, 0.6) is 0 Å². The summed E-state index contributed by atoms with van der Waals surface area (Å²) in [7, 11) is 0. The lowest BCUT2D eigenvalue weighted by Gasteiger charge is -2.26. The van der Waals surface area contributed by atoms with Gasteiger partial charge in [0.25, 0.3) is 5.56 Å². The summed E-state index contributed by atoms with van der Waals surface area (Å²) < 4.78 is 1.68. The Morgan fingerprint density at radius 2 is 2.12 bits per heavy atom. The van der Waals surface area contributed by atoms with Crippen LogP contribution in [0.3, 0.4) is 0 Å². The molecule has 1 aliphatic carbocycles. The molecule has 24 heavy (non-hydrogen) atoms. The molecule has 1 unspecified atom stereocenters. The minimum absolute atomic E-state index is 0.0740. The number of unbranched alkanes of at least 4 members (excludes halogenated alkanes) is 1. The number of aromatic nitrogens is 2. The van der Waals surface area contributed by atoms with Gasteiger partial charge in [0, 0.05) is 12.8 Å². The van der Waals surface area contributed by atoms with Crippen LogP contribution in [0.4, 0.5) is 0 Å². The summed E-state index contributed by atoms with van der Waals surface area (Å²) in [4.78, 5) is 30.5. The molecule has 2 aromatic rings. The van der Waals surface area contributed by atoms with Gasteiger partial charge in [-0.25, -0.2) is 4.98 Å². The van der Waals surface area contributed by atoms with Gasteiger partial charge in [-0.05, 0) is 37.8 Å². The quantitative estimate of drug-likeness (QED) is 0.802. The third-order valence-corrected chi connectivity index (χ3v) is 4.84. The van der Waals surface area contributed by atoms with E-state index in [1.807, 2.05) is 25.1 Å². The van der Waals surface area contributed by atoms with Crippen LogP contribution in [0.25, 0.3) is 10.9 Å². The number of ketones is 1. The van der Waals surface area contributed by atoms with E-state index in [4.69, 9.17) is 4.98 Å². The molecule has 1 aliphatic rings. The van der Waals surface area contributed by atoms with Crippen molar-refractivity contribution >= 4 is 16.7 Å². The molecule has 3 rings (SSSR count). The van der Waals surface area contributed by atoms with Crippen molar-refractivity contribution < 1.29 is 4.79 Å². The second-order valence-corrected chi connectivity index (χ2v) is 6.72. The largest absolute Gasteiger partial charge is 0.297 e. The number of Topliss-reactive ketones (excluding diaryl/α,β-unsaturated/α-hetero) is 1. The predicted octanol–water partition coefficient (Wildman–Crippen LogP) is 3.90. The highest BCUT2D eigenvalue weighted by Gasteiger charge is 2.29. The van der Waals surface area contributed by atoms with Crippen LogP contribution in [0.2, 0.25) is 0 Å². The van der Waals surface area contributed by atoms with E-state index in [2.05, 4.69) is 13.5 Å². The number of carbonyl (C=O) groups is 1. The molecule has 0 saturated heterocycles. The molecule has 4 heteroatoms. The first-order valence-electron chi connectivity index (χ1n) is 8.73. The van der Waals surface area contributed by atoms with Crippen LogP contribution in [0, 0.1) is 6.92 Å². The van der Waals surface area contributed by atoms with Gasteiger partial charge in [0.2, 0.25) is 0 Å². The highest BCUT2D eigenvalue weighted by Crippen LogP contribution is 2.29. The number of fused-ring (bicyclic) bond motifs is 1. The van der Waals surface area contributed by atoms with Gasteiger partial charge in [-0.1, -0.05) is 37.6 Å². The highest BCUT2D eigenvalue weighted by molar-refractivity contribution is 5.87. The summed E-state index contributed by atoms with van der Waals surface area (Å²) in [5.74, 6) is 0.826. The van der Waals surface area contributed by atoms with Crippen LogP contribution >= 0.6 is 0 Å². The van der Waals surface area contributed by atoms with E-state index in [1.54, 1.807) is 4.57 Å². The average Bonchev–Trinajstić information content (AvgIpc) is 2.54. The molecule has 0 spiro atoms. The number of rotatable bonds is 4. The maximum atomic E-state index is 13.2. The molecule has 0 bridgehead atoms. The van der Waals surface area contributed by atoms with E-state index < -0.39 is 6.04 Å². The first-order chi connectivity index (χ1) is 11.5. The van der Waals surface area contributed by atoms with Crippen molar-refractivity contribution in [1.82, 2.24) is 9.55 Å². The fourth-order valence-electron chi connectivity index (χ4n) is 3.51. The number of benzene rings is 1. The predicted molar refractivity (Wildman–Crippen MR) is 96.4 cm³/mol. The van der Waals surface area contributed by atoms with Crippen molar-refractivity contribution in [3.63, 3.8) is 0 Å². The molecule has 0 radical (unpaired) electrons. The molecule has 4 nitrogen and oxygen atoms in total. The van der Waals surface area contributed by atoms with Crippen molar-refractivity contribution in [1.29, 1.82) is 0 Å². The number of allylic oxidation sites excluding steroid dienone is 1. The third-order valence-electron chi connectivity index (χ3n) is 4.84. The molecule has 1 aromatic carbocycles. The zero-order valence-electron chi connectivity index (χ0n) is 14.5. The maximum Gasteiger partial charge on any atom is 0.262 e. The van der Waals surface area contributed by atoms with Gasteiger partial charge in [-0.2, -0.15) is 0 Å². The number of carbonyl (C=O) groups excluding carboxylic acids is 1. The molecular formula is C20H24N2O2. The highest BCUT2D eigenvalue weighted by atomic mass is 16.1. The van der Waals surface area contributed by atoms with Crippen LogP contribution in [-0.4, -0.2) is 15.3 Å². The Labute approximate surface area is 142 Å². The zero-order chi connectivity index (χ0) is 17.3. The SMILES string of the molecule is C=C1CCC(n2c(CCCC)nc3cccc(C)c3c2=O)C(=O)C1. The number of aryl methyl sites for hydroxylation is 2. The van der Waals surface area contributed by atoms with Crippen LogP contribution in [0.1, 0.15) is 56.5 Å². The van der Waals surface area contributed by atoms with Gasteiger partial charge in [0.1, 0.15) is 5.82 Å². The lowest BCUT2D eigenvalue weighted by atomic mass is 9.90. The van der Waals surface area contributed by atoms with Gasteiger partial charge in [0.05, 0.1) is 16.9 Å². The summed E-state index contributed by atoms with van der Waals surface area (Å²) in [6, 6.07) is 5.33. The molecule has 1 atom stereocenters. The molecule has 0 N–H and O–H groups in total. The van der Waals surface area contributed by atoms with Gasteiger partial charge < -0.3 is 0 Å². The van der Waals surface area contributed by atoms with Crippen molar-refractivity contribution in [3.05, 3.63) is 52.1 Å². The first-order valence-corrected chi connectivity index (χ1v) is 8.73. The Hall–Kier alpha value is -2.23. The second-order valence-electron chi connectivity index (χ2n) is 6.72. The maximum absolute atomic E-state index is 13.2. The number of hydrogen-bond acceptors (Lipinski definition) is 3. The van der Waals surface area contributed by atoms with E-state index in [-0.39, 0.29) is 11.3 Å². The van der Waals surface area contributed by atoms with Gasteiger partial charge in [-0.3, -0.25) is 14.2 Å². The van der Waals surface area contributed by atoms with Gasteiger partial charge >= 0.3 is 0 Å². The summed E-state index contributed by atoms with van der Waals surface area (Å²) in [5.41, 5.74) is 2.53. The summed E-state index contributed by atoms with van der Waals surface area (Å²) in [5, 5.41) is 0.634. The first kappa shape index (κ1) is 16.6. The second kappa shape index (κ2) is 6.71. The van der Waals surface area contributed by atoms with Crippen molar-refractivity contribution in [2.45, 2.75) is 58.4 Å². The van der Waals surface area contributed by atoms with E-state index in [1.165, 1.54) is 0 Å². The van der Waals surface area contributed by atoms with E-state index >= 15 is 0 Å². The van der Waals surface area contributed by atoms with Gasteiger partial charge in [-0.15, -0.1) is 0 Å². The Balaban J connectivity index is 2.21. The summed E-state index contributed by atoms with van der Waals surface area (Å²) in [6.07, 6.45) is 4.52. The Bertz CT molecular complexity index is 864. The Kier molecular flexibility index (Phi) is 4.65. The number of hydrogen-bond donors (Lipinski definition) is 0. The minimum atomic E-state index is -0.397. The molecule has 0 amide bonds. The molecule has 1 heterocycles. The standard InChI is InChI=1S/C20H24N2O2/c1-4-5-9-18-21-15-8-6-7-14(3)19(15)20(24)22(18)16-11-10-13(2)12-17(16)23/h6-8,16H,2,4-5,9-12H2,1,3H3. The normalized spacial score (nSPS) is 18.3. The monoisotopic (exact) mass is 324 g/mol. The fourth-order valence-corrected chi connectivity index (χ4v) is 3.51. The molecule has 126 valence electrons. The zero-order valence-corrected chi connectivity index (χ0v) is 14.5. The smallest absolute Gasteiger partial charge is 0.262 e. The molecular weight excluding hydrogens is 300 g/mol. The van der Waals surface area contributed by atoms with E-state index in [9.17, 15) is 9.59 Å². The Morgan fingerprint density at radius 1 is 1.33 bits per heavy atom. The van der Waals surface area contributed by atoms with Crippen molar-refractivity contribution in [2.75, 3.05) is 0 Å². The van der Waals surface area contributed by atoms with E-state index in [0.717, 1.165) is 48.2 Å². The molecule has 1 saturated carbocycles. The Morgan fingerprint density at radius 3 is 2.83 bits per heavy atom. The van der Waals surface area contributed by atoms with E-state index in [0.29, 0.717) is 18.2 Å². The van der Waals surface area contributed by atoms with Gasteiger partial charge in [0.15, 0.2) is 5.78 Å². The summed E-state index contributed by atoms with van der Waals surface area (Å²) >= 11 is 0. The topological polar surface area (TPSA) is 52.0 Å². The lowest BCUT2D eigenvalue weighted by Crippen LogP contribution is -2.35. The molecule has 0 aliphatic heterocycles. The van der Waals surface area contributed by atoms with Crippen LogP contribution < -0.4 is 5.56 Å². The number of nitrogens with zero attached hydrogens (tertiary/aromatic N) is 2. The van der Waals surface area contributed by atoms with Crippen LogP contribution in [0.15, 0.2) is 35.1 Å². The lowest BCUT2D eigenvalue weighted by molar-refractivity contribution is -0.122. The average molecular weight is 324 g/mol. The third kappa shape index (κ3) is 2.93. The minimum Gasteiger partial charge on any atom is -0.297 e. The molecule has 1 aromatic heterocycles. The summed E-state index contributed by atoms with van der Waals surface area (Å²) in [6.45, 7) is 7.96. The van der Waals surface area contributed by atoms with Crippen molar-refractivity contribution in [3.8, 4) is 0 Å². The molecule has 1 fully saturated rings. The van der Waals surface area contributed by atoms with Crippen molar-refractivity contribution in [2.24, 2.45) is 0 Å². The van der Waals surface area contributed by atoms with Crippen LogP contribution in [-0.2, 0) is 11.2 Å². The fraction of sp³-hybridized carbons (Fsp3) is 0.450.